The first-order valence-electron chi connectivity index (χ1n) is 10.9. The lowest BCUT2D eigenvalue weighted by Gasteiger charge is -2.40. The first-order chi connectivity index (χ1) is 15.7. The van der Waals surface area contributed by atoms with Crippen LogP contribution in [0, 0.1) is 0 Å². The van der Waals surface area contributed by atoms with Crippen molar-refractivity contribution < 1.29 is 17.9 Å². The van der Waals surface area contributed by atoms with Crippen molar-refractivity contribution in [2.24, 2.45) is 0 Å². The SMILES string of the molecule is COc1ccccc1N1CCN(CC(C)(C)Nc2nc(C(F)(F)F)nc3ccccc23)CC1. The molecule has 2 aromatic carbocycles. The molecule has 1 aromatic heterocycles. The molecule has 0 atom stereocenters. The van der Waals surface area contributed by atoms with E-state index >= 15 is 0 Å². The summed E-state index contributed by atoms with van der Waals surface area (Å²) >= 11 is 0. The van der Waals surface area contributed by atoms with Crippen LogP contribution in [0.25, 0.3) is 10.9 Å². The fourth-order valence-electron chi connectivity index (χ4n) is 4.26. The molecular weight excluding hydrogens is 431 g/mol. The number of anilines is 2. The van der Waals surface area contributed by atoms with Crippen LogP contribution in [0.4, 0.5) is 24.7 Å². The highest BCUT2D eigenvalue weighted by Gasteiger charge is 2.36. The quantitative estimate of drug-likeness (QED) is 0.578. The van der Waals surface area contributed by atoms with Gasteiger partial charge in [0.25, 0.3) is 0 Å². The topological polar surface area (TPSA) is 53.5 Å². The summed E-state index contributed by atoms with van der Waals surface area (Å²) in [6.07, 6.45) is -4.61. The van der Waals surface area contributed by atoms with E-state index in [1.165, 1.54) is 0 Å². The minimum absolute atomic E-state index is 0.200. The summed E-state index contributed by atoms with van der Waals surface area (Å²) in [5.41, 5.74) is 0.833. The molecule has 9 heteroatoms. The molecule has 1 fully saturated rings. The molecule has 1 aliphatic rings. The predicted octanol–water partition coefficient (Wildman–Crippen LogP) is 4.67. The molecule has 1 N–H and O–H groups in total. The summed E-state index contributed by atoms with van der Waals surface area (Å²) in [5, 5.41) is 3.82. The Balaban J connectivity index is 1.47. The van der Waals surface area contributed by atoms with E-state index < -0.39 is 17.5 Å². The smallest absolute Gasteiger partial charge is 0.451 e. The Bertz CT molecular complexity index is 1110. The number of halogens is 3. The molecule has 6 nitrogen and oxygen atoms in total. The average molecular weight is 460 g/mol. The van der Waals surface area contributed by atoms with Crippen molar-refractivity contribution in [1.82, 2.24) is 14.9 Å². The number of fused-ring (bicyclic) bond motifs is 1. The van der Waals surface area contributed by atoms with E-state index in [4.69, 9.17) is 4.74 Å². The molecule has 0 radical (unpaired) electrons. The molecular formula is C24H28F3N5O. The summed E-state index contributed by atoms with van der Waals surface area (Å²) in [7, 11) is 1.67. The van der Waals surface area contributed by atoms with E-state index in [-0.39, 0.29) is 11.3 Å². The molecule has 0 aliphatic carbocycles. The Morgan fingerprint density at radius 1 is 0.939 bits per heavy atom. The summed E-state index contributed by atoms with van der Waals surface area (Å²) in [4.78, 5) is 12.1. The number of para-hydroxylation sites is 3. The maximum atomic E-state index is 13.4. The van der Waals surface area contributed by atoms with Gasteiger partial charge in [0, 0.05) is 43.6 Å². The number of rotatable bonds is 6. The van der Waals surface area contributed by atoms with E-state index in [0.717, 1.165) is 37.6 Å². The number of piperazine rings is 1. The lowest BCUT2D eigenvalue weighted by atomic mass is 10.0. The van der Waals surface area contributed by atoms with Gasteiger partial charge < -0.3 is 15.0 Å². The van der Waals surface area contributed by atoms with Crippen molar-refractivity contribution in [1.29, 1.82) is 0 Å². The van der Waals surface area contributed by atoms with Crippen LogP contribution in [-0.2, 0) is 6.18 Å². The van der Waals surface area contributed by atoms with Gasteiger partial charge in [-0.3, -0.25) is 4.90 Å². The molecule has 1 saturated heterocycles. The zero-order valence-corrected chi connectivity index (χ0v) is 19.0. The second-order valence-electron chi connectivity index (χ2n) is 8.85. The standard InChI is InChI=1S/C24H28F3N5O/c1-23(2,16-31-12-14-32(15-13-31)19-10-6-7-11-20(19)33-3)30-21-17-8-4-5-9-18(17)28-22(29-21)24(25,26)27/h4-11H,12-16H2,1-3H3,(H,28,29,30). The molecule has 33 heavy (non-hydrogen) atoms. The van der Waals surface area contributed by atoms with Crippen LogP contribution >= 0.6 is 0 Å². The van der Waals surface area contributed by atoms with E-state index in [1.807, 2.05) is 32.0 Å². The molecule has 176 valence electrons. The molecule has 0 amide bonds. The molecule has 2 heterocycles. The van der Waals surface area contributed by atoms with Crippen LogP contribution in [0.3, 0.4) is 0 Å². The van der Waals surface area contributed by atoms with Crippen molar-refractivity contribution >= 4 is 22.4 Å². The molecule has 0 saturated carbocycles. The normalized spacial score (nSPS) is 15.6. The first-order valence-corrected chi connectivity index (χ1v) is 10.9. The third-order valence-electron chi connectivity index (χ3n) is 5.73. The maximum Gasteiger partial charge on any atom is 0.451 e. The van der Waals surface area contributed by atoms with E-state index in [9.17, 15) is 13.2 Å². The van der Waals surface area contributed by atoms with Crippen LogP contribution < -0.4 is 15.0 Å². The molecule has 0 spiro atoms. The van der Waals surface area contributed by atoms with Gasteiger partial charge in [-0.1, -0.05) is 24.3 Å². The van der Waals surface area contributed by atoms with Gasteiger partial charge in [0.15, 0.2) is 0 Å². The summed E-state index contributed by atoms with van der Waals surface area (Å²) in [6.45, 7) is 7.96. The number of ether oxygens (including phenoxy) is 1. The minimum atomic E-state index is -4.61. The third-order valence-corrected chi connectivity index (χ3v) is 5.73. The third kappa shape index (κ3) is 5.30. The van der Waals surface area contributed by atoms with Crippen molar-refractivity contribution in [3.05, 3.63) is 54.4 Å². The van der Waals surface area contributed by atoms with Crippen LogP contribution in [0.15, 0.2) is 48.5 Å². The molecule has 1 aliphatic heterocycles. The van der Waals surface area contributed by atoms with Gasteiger partial charge in [-0.05, 0) is 38.1 Å². The number of nitrogens with one attached hydrogen (secondary N) is 1. The van der Waals surface area contributed by atoms with E-state index in [0.29, 0.717) is 11.9 Å². The average Bonchev–Trinajstić information content (AvgIpc) is 2.78. The van der Waals surface area contributed by atoms with Crippen LogP contribution in [0.1, 0.15) is 19.7 Å². The fourth-order valence-corrected chi connectivity index (χ4v) is 4.26. The van der Waals surface area contributed by atoms with Crippen molar-refractivity contribution in [3.8, 4) is 5.75 Å². The van der Waals surface area contributed by atoms with Crippen molar-refractivity contribution in [2.45, 2.75) is 25.6 Å². The van der Waals surface area contributed by atoms with Crippen LogP contribution in [0.5, 0.6) is 5.75 Å². The second kappa shape index (κ2) is 9.05. The molecule has 0 bridgehead atoms. The van der Waals surface area contributed by atoms with Gasteiger partial charge in [-0.25, -0.2) is 9.97 Å². The number of hydrogen-bond acceptors (Lipinski definition) is 6. The van der Waals surface area contributed by atoms with Crippen LogP contribution in [0.2, 0.25) is 0 Å². The maximum absolute atomic E-state index is 13.4. The summed E-state index contributed by atoms with van der Waals surface area (Å²) in [6, 6.07) is 14.7. The highest BCUT2D eigenvalue weighted by atomic mass is 19.4. The first kappa shape index (κ1) is 23.1. The number of methoxy groups -OCH3 is 1. The monoisotopic (exact) mass is 459 g/mol. The van der Waals surface area contributed by atoms with E-state index in [2.05, 4.69) is 31.2 Å². The summed E-state index contributed by atoms with van der Waals surface area (Å²) < 4.78 is 45.6. The fraction of sp³-hybridized carbons (Fsp3) is 0.417. The number of hydrogen-bond donors (Lipinski definition) is 1. The van der Waals surface area contributed by atoms with Gasteiger partial charge in [0.05, 0.1) is 18.3 Å². The van der Waals surface area contributed by atoms with Gasteiger partial charge in [-0.15, -0.1) is 0 Å². The number of aromatic nitrogens is 2. The Morgan fingerprint density at radius 3 is 2.30 bits per heavy atom. The Hall–Kier alpha value is -3.07. The highest BCUT2D eigenvalue weighted by molar-refractivity contribution is 5.89. The lowest BCUT2D eigenvalue weighted by molar-refractivity contribution is -0.144. The van der Waals surface area contributed by atoms with E-state index in [1.54, 1.807) is 31.4 Å². The van der Waals surface area contributed by atoms with Crippen LogP contribution in [-0.4, -0.2) is 60.2 Å². The highest BCUT2D eigenvalue weighted by Crippen LogP contribution is 2.32. The second-order valence-corrected chi connectivity index (χ2v) is 8.85. The van der Waals surface area contributed by atoms with Crippen molar-refractivity contribution in [2.75, 3.05) is 50.1 Å². The Morgan fingerprint density at radius 2 is 1.61 bits per heavy atom. The van der Waals surface area contributed by atoms with Gasteiger partial charge in [-0.2, -0.15) is 13.2 Å². The summed E-state index contributed by atoms with van der Waals surface area (Å²) in [5.74, 6) is -0.0837. The van der Waals surface area contributed by atoms with Crippen molar-refractivity contribution in [3.63, 3.8) is 0 Å². The number of alkyl halides is 3. The van der Waals surface area contributed by atoms with Gasteiger partial charge in [0.2, 0.25) is 5.82 Å². The zero-order valence-electron chi connectivity index (χ0n) is 19.0. The largest absolute Gasteiger partial charge is 0.495 e. The molecule has 0 unspecified atom stereocenters. The van der Waals surface area contributed by atoms with Gasteiger partial charge >= 0.3 is 6.18 Å². The molecule has 4 rings (SSSR count). The Kier molecular flexibility index (Phi) is 6.34. The lowest BCUT2D eigenvalue weighted by Crippen LogP contribution is -2.52. The minimum Gasteiger partial charge on any atom is -0.495 e. The number of benzene rings is 2. The Labute approximate surface area is 191 Å². The number of nitrogens with zero attached hydrogens (tertiary/aromatic N) is 4. The van der Waals surface area contributed by atoms with Gasteiger partial charge in [0.1, 0.15) is 11.6 Å². The molecule has 3 aromatic rings. The zero-order chi connectivity index (χ0) is 23.6. The predicted molar refractivity (Wildman–Crippen MR) is 124 cm³/mol.